The van der Waals surface area contributed by atoms with E-state index in [1.165, 1.54) is 23.1 Å². The Hall–Kier alpha value is -1.91. The second-order valence-corrected chi connectivity index (χ2v) is 6.83. The molecule has 4 heteroatoms. The topological polar surface area (TPSA) is 40.7 Å². The summed E-state index contributed by atoms with van der Waals surface area (Å²) in [6, 6.07) is 17.4. The van der Waals surface area contributed by atoms with E-state index in [4.69, 9.17) is 0 Å². The number of hydrogen-bond donors (Lipinski definition) is 2. The molecule has 0 radical (unpaired) electrons. The molecule has 1 fully saturated rings. The van der Waals surface area contributed by atoms with Crippen LogP contribution in [0, 0.1) is 0 Å². The summed E-state index contributed by atoms with van der Waals surface area (Å²) in [6.07, 6.45) is 4.32. The fourth-order valence-electron chi connectivity index (χ4n) is 3.06. The number of nitrogens with one attached hydrogen (secondary N) is 2. The number of hydrogen-bond acceptors (Lipinski definition) is 2. The van der Waals surface area contributed by atoms with Crippen molar-refractivity contribution < 1.29 is 0 Å². The molecule has 0 spiro atoms. The smallest absolute Gasteiger partial charge is 0.123 e. The molecule has 0 unspecified atom stereocenters. The Kier molecular flexibility index (Phi) is 4.02. The Morgan fingerprint density at radius 2 is 1.57 bits per heavy atom. The van der Waals surface area contributed by atoms with Crippen LogP contribution in [0.4, 0.5) is 0 Å². The summed E-state index contributed by atoms with van der Waals surface area (Å²) in [7, 11) is 0. The van der Waals surface area contributed by atoms with Gasteiger partial charge < -0.3 is 10.3 Å². The molecule has 1 saturated heterocycles. The predicted molar refractivity (Wildman–Crippen MR) is 97.1 cm³/mol. The molecular weight excluding hydrogens is 350 g/mol. The first kappa shape index (κ1) is 14.7. The Morgan fingerprint density at radius 3 is 2.22 bits per heavy atom. The van der Waals surface area contributed by atoms with Crippen LogP contribution >= 0.6 is 15.9 Å². The van der Waals surface area contributed by atoms with Gasteiger partial charge in [-0.3, -0.25) is 0 Å². The highest BCUT2D eigenvalue weighted by Crippen LogP contribution is 2.27. The maximum Gasteiger partial charge on any atom is 0.123 e. The summed E-state index contributed by atoms with van der Waals surface area (Å²) in [6.45, 7) is 1.09. The second-order valence-electron chi connectivity index (χ2n) is 5.92. The highest BCUT2D eigenvalue weighted by molar-refractivity contribution is 9.10. The van der Waals surface area contributed by atoms with Gasteiger partial charge in [-0.25, -0.2) is 4.98 Å². The van der Waals surface area contributed by atoms with Gasteiger partial charge in [-0.2, -0.15) is 0 Å². The summed E-state index contributed by atoms with van der Waals surface area (Å²) in [5.41, 5.74) is 4.69. The lowest BCUT2D eigenvalue weighted by Crippen LogP contribution is -2.14. The minimum Gasteiger partial charge on any atom is -0.341 e. The number of aromatic nitrogens is 2. The van der Waals surface area contributed by atoms with E-state index in [0.29, 0.717) is 6.04 Å². The van der Waals surface area contributed by atoms with Crippen LogP contribution in [0.25, 0.3) is 22.4 Å². The van der Waals surface area contributed by atoms with Crippen LogP contribution in [0.15, 0.2) is 59.2 Å². The maximum atomic E-state index is 4.54. The van der Waals surface area contributed by atoms with E-state index in [0.717, 1.165) is 29.0 Å². The first-order chi connectivity index (χ1) is 11.3. The van der Waals surface area contributed by atoms with Gasteiger partial charge in [0.05, 0.1) is 17.9 Å². The molecule has 1 aliphatic heterocycles. The van der Waals surface area contributed by atoms with Crippen molar-refractivity contribution in [3.05, 3.63) is 65.0 Å². The predicted octanol–water partition coefficient (Wildman–Crippen LogP) is 4.93. The Morgan fingerprint density at radius 1 is 0.913 bits per heavy atom. The van der Waals surface area contributed by atoms with Crippen molar-refractivity contribution in [2.45, 2.75) is 18.9 Å². The van der Waals surface area contributed by atoms with E-state index in [1.54, 1.807) is 0 Å². The minimum atomic E-state index is 0.380. The fourth-order valence-corrected chi connectivity index (χ4v) is 3.33. The first-order valence-electron chi connectivity index (χ1n) is 7.94. The lowest BCUT2D eigenvalue weighted by molar-refractivity contribution is 0.613. The Bertz CT molecular complexity index is 784. The van der Waals surface area contributed by atoms with Gasteiger partial charge in [0.2, 0.25) is 0 Å². The van der Waals surface area contributed by atoms with Gasteiger partial charge in [0, 0.05) is 4.47 Å². The molecule has 3 aromatic rings. The molecule has 2 aromatic carbocycles. The van der Waals surface area contributed by atoms with Crippen molar-refractivity contribution in [2.24, 2.45) is 0 Å². The molecule has 23 heavy (non-hydrogen) atoms. The molecule has 1 aliphatic rings. The summed E-state index contributed by atoms with van der Waals surface area (Å²) in [5.74, 6) is 1.05. The van der Waals surface area contributed by atoms with Crippen molar-refractivity contribution >= 4 is 15.9 Å². The number of benzene rings is 2. The Balaban J connectivity index is 1.57. The summed E-state index contributed by atoms with van der Waals surface area (Å²) in [5, 5.41) is 3.48. The van der Waals surface area contributed by atoms with Crippen molar-refractivity contribution in [3.63, 3.8) is 0 Å². The summed E-state index contributed by atoms with van der Waals surface area (Å²) >= 11 is 3.47. The Labute approximate surface area is 144 Å². The largest absolute Gasteiger partial charge is 0.341 e. The average Bonchev–Trinajstić information content (AvgIpc) is 3.27. The fraction of sp³-hybridized carbons (Fsp3) is 0.211. The standard InChI is InChI=1S/C19H18BrN3/c20-16-9-7-14(8-10-16)13-3-5-15(6-4-13)18-12-22-19(23-18)17-2-1-11-21-17/h3-10,12,17,21H,1-2,11H2,(H,22,23)/t17-/m0/s1. The zero-order valence-electron chi connectivity index (χ0n) is 12.7. The third-order valence-corrected chi connectivity index (χ3v) is 4.89. The van der Waals surface area contributed by atoms with Crippen LogP contribution in [0.3, 0.4) is 0 Å². The van der Waals surface area contributed by atoms with Gasteiger partial charge in [-0.1, -0.05) is 52.3 Å². The average molecular weight is 368 g/mol. The SMILES string of the molecule is Brc1ccc(-c2ccc(-c3cnc([C@@H]4CCCN4)[nH]3)cc2)cc1. The molecule has 1 atom stereocenters. The molecule has 2 N–H and O–H groups in total. The zero-order chi connectivity index (χ0) is 15.6. The molecular formula is C19H18BrN3. The number of H-pyrrole nitrogens is 1. The van der Waals surface area contributed by atoms with Gasteiger partial charge in [-0.05, 0) is 48.2 Å². The van der Waals surface area contributed by atoms with Gasteiger partial charge in [-0.15, -0.1) is 0 Å². The number of halogens is 1. The van der Waals surface area contributed by atoms with Gasteiger partial charge in [0.1, 0.15) is 5.82 Å². The van der Waals surface area contributed by atoms with Gasteiger partial charge in [0.15, 0.2) is 0 Å². The molecule has 116 valence electrons. The monoisotopic (exact) mass is 367 g/mol. The van der Waals surface area contributed by atoms with Crippen molar-refractivity contribution in [3.8, 4) is 22.4 Å². The van der Waals surface area contributed by atoms with Crippen LogP contribution in [0.1, 0.15) is 24.7 Å². The first-order valence-corrected chi connectivity index (χ1v) is 8.73. The molecule has 0 aliphatic carbocycles. The minimum absolute atomic E-state index is 0.380. The van der Waals surface area contributed by atoms with Crippen LogP contribution in [0.5, 0.6) is 0 Å². The van der Waals surface area contributed by atoms with E-state index in [-0.39, 0.29) is 0 Å². The van der Waals surface area contributed by atoms with E-state index >= 15 is 0 Å². The van der Waals surface area contributed by atoms with Crippen molar-refractivity contribution in [1.82, 2.24) is 15.3 Å². The normalized spacial score (nSPS) is 17.5. The maximum absolute atomic E-state index is 4.54. The van der Waals surface area contributed by atoms with Crippen LogP contribution in [0.2, 0.25) is 0 Å². The molecule has 1 aromatic heterocycles. The van der Waals surface area contributed by atoms with Crippen LogP contribution < -0.4 is 5.32 Å². The number of aromatic amines is 1. The summed E-state index contributed by atoms with van der Waals surface area (Å²) in [4.78, 5) is 8.00. The second kappa shape index (κ2) is 6.30. The van der Waals surface area contributed by atoms with Crippen molar-refractivity contribution in [2.75, 3.05) is 6.54 Å². The lowest BCUT2D eigenvalue weighted by atomic mass is 10.0. The molecule has 4 rings (SSSR count). The molecule has 0 bridgehead atoms. The zero-order valence-corrected chi connectivity index (χ0v) is 14.3. The van der Waals surface area contributed by atoms with Crippen LogP contribution in [-0.2, 0) is 0 Å². The van der Waals surface area contributed by atoms with E-state index in [1.807, 2.05) is 6.20 Å². The van der Waals surface area contributed by atoms with Crippen molar-refractivity contribution in [1.29, 1.82) is 0 Å². The highest BCUT2D eigenvalue weighted by atomic mass is 79.9. The third kappa shape index (κ3) is 3.09. The molecule has 0 saturated carbocycles. The third-order valence-electron chi connectivity index (χ3n) is 4.36. The van der Waals surface area contributed by atoms with Gasteiger partial charge >= 0.3 is 0 Å². The molecule has 0 amide bonds. The molecule has 2 heterocycles. The van der Waals surface area contributed by atoms with E-state index in [2.05, 4.69) is 79.7 Å². The molecule has 3 nitrogen and oxygen atoms in total. The van der Waals surface area contributed by atoms with E-state index in [9.17, 15) is 0 Å². The van der Waals surface area contributed by atoms with Gasteiger partial charge in [0.25, 0.3) is 0 Å². The summed E-state index contributed by atoms with van der Waals surface area (Å²) < 4.78 is 1.10. The number of rotatable bonds is 3. The van der Waals surface area contributed by atoms with E-state index < -0.39 is 0 Å². The number of imidazole rings is 1. The number of nitrogens with zero attached hydrogens (tertiary/aromatic N) is 1. The highest BCUT2D eigenvalue weighted by Gasteiger charge is 2.19. The van der Waals surface area contributed by atoms with Crippen LogP contribution in [-0.4, -0.2) is 16.5 Å². The quantitative estimate of drug-likeness (QED) is 0.688. The lowest BCUT2D eigenvalue weighted by Gasteiger charge is -2.06.